The first kappa shape index (κ1) is 12.9. The van der Waals surface area contributed by atoms with E-state index in [0.717, 1.165) is 34.5 Å². The number of hydrogen-bond acceptors (Lipinski definition) is 3. The number of para-hydroxylation sites is 1. The van der Waals surface area contributed by atoms with Crippen molar-refractivity contribution >= 4 is 10.9 Å². The third-order valence-corrected chi connectivity index (χ3v) is 3.68. The fourth-order valence-corrected chi connectivity index (χ4v) is 2.62. The maximum atomic E-state index is 10.4. The Morgan fingerprint density at radius 3 is 2.80 bits per heavy atom. The Morgan fingerprint density at radius 1 is 1.30 bits per heavy atom. The van der Waals surface area contributed by atoms with Gasteiger partial charge in [0.1, 0.15) is 5.76 Å². The molecule has 3 aromatic rings. The summed E-state index contributed by atoms with van der Waals surface area (Å²) in [6.45, 7) is 4.75. The average molecular weight is 270 g/mol. The van der Waals surface area contributed by atoms with Crippen LogP contribution in [-0.2, 0) is 13.0 Å². The topological polar surface area (TPSA) is 51.2 Å². The summed E-state index contributed by atoms with van der Waals surface area (Å²) in [5.41, 5.74) is 2.87. The fraction of sp³-hybridized carbons (Fsp3) is 0.312. The molecule has 20 heavy (non-hydrogen) atoms. The molecule has 1 N–H and O–H groups in total. The van der Waals surface area contributed by atoms with E-state index < -0.39 is 6.10 Å². The standard InChI is InChI=1S/C16H18N2O2/c1-3-18-15-7-5-4-6-13(15)14(17-18)10-16(19)12-8-9-20-11(12)2/h4-9,16,19H,3,10H2,1-2H3. The highest BCUT2D eigenvalue weighted by Crippen LogP contribution is 2.26. The molecule has 0 amide bonds. The zero-order valence-electron chi connectivity index (χ0n) is 11.7. The molecule has 4 heteroatoms. The number of benzene rings is 1. The third-order valence-electron chi connectivity index (χ3n) is 3.68. The Kier molecular flexibility index (Phi) is 3.32. The van der Waals surface area contributed by atoms with Crippen molar-refractivity contribution in [1.29, 1.82) is 0 Å². The molecule has 1 unspecified atom stereocenters. The molecular weight excluding hydrogens is 252 g/mol. The lowest BCUT2D eigenvalue weighted by Gasteiger charge is -2.07. The molecule has 0 bridgehead atoms. The second-order valence-electron chi connectivity index (χ2n) is 4.93. The molecule has 0 aliphatic rings. The molecule has 0 radical (unpaired) electrons. The maximum absolute atomic E-state index is 10.4. The second-order valence-corrected chi connectivity index (χ2v) is 4.93. The molecule has 104 valence electrons. The van der Waals surface area contributed by atoms with E-state index in [2.05, 4.69) is 24.2 Å². The van der Waals surface area contributed by atoms with Gasteiger partial charge in [-0.1, -0.05) is 18.2 Å². The molecule has 2 aromatic heterocycles. The zero-order valence-corrected chi connectivity index (χ0v) is 11.7. The summed E-state index contributed by atoms with van der Waals surface area (Å²) in [5, 5.41) is 16.1. The predicted octanol–water partition coefficient (Wildman–Crippen LogP) is 3.23. The highest BCUT2D eigenvalue weighted by Gasteiger charge is 2.17. The number of hydrogen-bond donors (Lipinski definition) is 1. The van der Waals surface area contributed by atoms with Gasteiger partial charge in [-0.25, -0.2) is 0 Å². The summed E-state index contributed by atoms with van der Waals surface area (Å²) in [4.78, 5) is 0. The lowest BCUT2D eigenvalue weighted by Crippen LogP contribution is -2.04. The first-order valence-electron chi connectivity index (χ1n) is 6.87. The maximum Gasteiger partial charge on any atom is 0.106 e. The summed E-state index contributed by atoms with van der Waals surface area (Å²) < 4.78 is 7.22. The van der Waals surface area contributed by atoms with E-state index in [4.69, 9.17) is 4.42 Å². The van der Waals surface area contributed by atoms with Gasteiger partial charge in [0, 0.05) is 23.9 Å². The molecule has 1 atom stereocenters. The minimum Gasteiger partial charge on any atom is -0.469 e. The van der Waals surface area contributed by atoms with Crippen LogP contribution >= 0.6 is 0 Å². The van der Waals surface area contributed by atoms with Crippen LogP contribution in [0, 0.1) is 6.92 Å². The van der Waals surface area contributed by atoms with Crippen LogP contribution < -0.4 is 0 Å². The first-order valence-corrected chi connectivity index (χ1v) is 6.87. The van der Waals surface area contributed by atoms with Gasteiger partial charge in [-0.05, 0) is 26.0 Å². The van der Waals surface area contributed by atoms with Crippen LogP contribution in [0.1, 0.15) is 30.0 Å². The molecule has 3 rings (SSSR count). The highest BCUT2D eigenvalue weighted by atomic mass is 16.3. The number of aromatic nitrogens is 2. The highest BCUT2D eigenvalue weighted by molar-refractivity contribution is 5.82. The number of furan rings is 1. The summed E-state index contributed by atoms with van der Waals surface area (Å²) in [7, 11) is 0. The average Bonchev–Trinajstić information content (AvgIpc) is 3.03. The molecule has 0 aliphatic carbocycles. The number of aliphatic hydroxyl groups is 1. The Balaban J connectivity index is 1.97. The van der Waals surface area contributed by atoms with Crippen molar-refractivity contribution in [3.05, 3.63) is 53.6 Å². The summed E-state index contributed by atoms with van der Waals surface area (Å²) in [6, 6.07) is 9.95. The number of rotatable bonds is 4. The Bertz CT molecular complexity index is 727. The SMILES string of the molecule is CCn1nc(CC(O)c2ccoc2C)c2ccccc21. The van der Waals surface area contributed by atoms with E-state index in [1.807, 2.05) is 29.8 Å². The van der Waals surface area contributed by atoms with Crippen molar-refractivity contribution in [2.45, 2.75) is 32.9 Å². The molecule has 2 heterocycles. The van der Waals surface area contributed by atoms with E-state index in [9.17, 15) is 5.11 Å². The Morgan fingerprint density at radius 2 is 2.10 bits per heavy atom. The van der Waals surface area contributed by atoms with Crippen molar-refractivity contribution in [3.63, 3.8) is 0 Å². The fourth-order valence-electron chi connectivity index (χ4n) is 2.62. The van der Waals surface area contributed by atoms with Crippen LogP contribution in [0.3, 0.4) is 0 Å². The molecule has 1 aromatic carbocycles. The Hall–Kier alpha value is -2.07. The van der Waals surface area contributed by atoms with E-state index in [0.29, 0.717) is 6.42 Å². The van der Waals surface area contributed by atoms with Gasteiger partial charge in [0.05, 0.1) is 23.6 Å². The number of aryl methyl sites for hydroxylation is 2. The van der Waals surface area contributed by atoms with Crippen LogP contribution in [0.25, 0.3) is 10.9 Å². The van der Waals surface area contributed by atoms with Crippen molar-refractivity contribution in [2.75, 3.05) is 0 Å². The summed E-state index contributed by atoms with van der Waals surface area (Å²) in [6.07, 6.45) is 1.52. The quantitative estimate of drug-likeness (QED) is 0.791. The second kappa shape index (κ2) is 5.13. The normalized spacial score (nSPS) is 12.9. The van der Waals surface area contributed by atoms with Gasteiger partial charge >= 0.3 is 0 Å². The number of fused-ring (bicyclic) bond motifs is 1. The van der Waals surface area contributed by atoms with Crippen LogP contribution in [0.15, 0.2) is 41.0 Å². The Labute approximate surface area is 117 Å². The largest absolute Gasteiger partial charge is 0.469 e. The van der Waals surface area contributed by atoms with Crippen molar-refractivity contribution in [1.82, 2.24) is 9.78 Å². The molecule has 0 saturated carbocycles. The number of aliphatic hydroxyl groups excluding tert-OH is 1. The lowest BCUT2D eigenvalue weighted by molar-refractivity contribution is 0.175. The van der Waals surface area contributed by atoms with Crippen molar-refractivity contribution < 1.29 is 9.52 Å². The summed E-state index contributed by atoms with van der Waals surface area (Å²) >= 11 is 0. The van der Waals surface area contributed by atoms with Gasteiger partial charge in [0.2, 0.25) is 0 Å². The minimum atomic E-state index is -0.586. The minimum absolute atomic E-state index is 0.494. The summed E-state index contributed by atoms with van der Waals surface area (Å²) in [5.74, 6) is 0.761. The third kappa shape index (κ3) is 2.12. The van der Waals surface area contributed by atoms with Gasteiger partial charge in [-0.3, -0.25) is 4.68 Å². The van der Waals surface area contributed by atoms with Crippen molar-refractivity contribution in [2.24, 2.45) is 0 Å². The zero-order chi connectivity index (χ0) is 14.1. The first-order chi connectivity index (χ1) is 9.70. The van der Waals surface area contributed by atoms with Gasteiger partial charge < -0.3 is 9.52 Å². The lowest BCUT2D eigenvalue weighted by atomic mass is 10.0. The van der Waals surface area contributed by atoms with Gasteiger partial charge in [0.15, 0.2) is 0 Å². The van der Waals surface area contributed by atoms with Crippen LogP contribution in [0.2, 0.25) is 0 Å². The molecule has 0 spiro atoms. The molecule has 0 fully saturated rings. The van der Waals surface area contributed by atoms with Gasteiger partial charge in [0.25, 0.3) is 0 Å². The van der Waals surface area contributed by atoms with Gasteiger partial charge in [-0.15, -0.1) is 0 Å². The molecule has 0 saturated heterocycles. The number of nitrogens with zero attached hydrogens (tertiary/aromatic N) is 2. The van der Waals surface area contributed by atoms with E-state index in [1.165, 1.54) is 0 Å². The van der Waals surface area contributed by atoms with Crippen LogP contribution in [0.5, 0.6) is 0 Å². The van der Waals surface area contributed by atoms with Crippen LogP contribution in [-0.4, -0.2) is 14.9 Å². The van der Waals surface area contributed by atoms with Gasteiger partial charge in [-0.2, -0.15) is 5.10 Å². The smallest absolute Gasteiger partial charge is 0.106 e. The van der Waals surface area contributed by atoms with Crippen LogP contribution in [0.4, 0.5) is 0 Å². The molecule has 4 nitrogen and oxygen atoms in total. The van der Waals surface area contributed by atoms with E-state index in [1.54, 1.807) is 6.26 Å². The monoisotopic (exact) mass is 270 g/mol. The molecular formula is C16H18N2O2. The van der Waals surface area contributed by atoms with E-state index >= 15 is 0 Å². The van der Waals surface area contributed by atoms with E-state index in [-0.39, 0.29) is 0 Å². The molecule has 0 aliphatic heterocycles. The van der Waals surface area contributed by atoms with Crippen molar-refractivity contribution in [3.8, 4) is 0 Å². The predicted molar refractivity (Wildman–Crippen MR) is 77.5 cm³/mol.